The molecule has 0 amide bonds. The van der Waals surface area contributed by atoms with E-state index in [9.17, 15) is 5.11 Å². The molecule has 0 saturated heterocycles. The summed E-state index contributed by atoms with van der Waals surface area (Å²) in [5, 5.41) is 10.4. The molecule has 202 valence electrons. The Morgan fingerprint density at radius 1 is 1.11 bits per heavy atom. The van der Waals surface area contributed by atoms with Gasteiger partial charge in [-0.3, -0.25) is 0 Å². The van der Waals surface area contributed by atoms with Crippen LogP contribution in [-0.4, -0.2) is 45.4 Å². The van der Waals surface area contributed by atoms with Crippen LogP contribution < -0.4 is 4.74 Å². The highest BCUT2D eigenvalue weighted by Gasteiger charge is 2.43. The normalized spacial score (nSPS) is 23.3. The fraction of sp³-hybridized carbons (Fsp3) is 0.600. The number of halogens is 1. The lowest BCUT2D eigenvalue weighted by Gasteiger charge is -2.46. The average Bonchev–Trinajstić information content (AvgIpc) is 2.89. The van der Waals surface area contributed by atoms with Crippen molar-refractivity contribution in [3.8, 4) is 5.75 Å². The zero-order valence-electron chi connectivity index (χ0n) is 22.9. The van der Waals surface area contributed by atoms with E-state index in [1.807, 2.05) is 24.3 Å². The standard InChI is InChI=1S/C30H45IO5/c1-22(8-7-9-23(2)17-31)14-15-30(4)24(3)16-29(36-21-33-5)27(18-32)28(30)20-35-19-25-10-12-26(34-6)13-11-25/h8,10-13,17,24,29,32H,7,9,14-16,18-21H2,1-6H3/b22-8+,23-17+/t24-,29+,30-/m1/s1. The van der Waals surface area contributed by atoms with Gasteiger partial charge < -0.3 is 24.1 Å². The first-order valence-electron chi connectivity index (χ1n) is 12.8. The molecule has 0 spiro atoms. The Morgan fingerprint density at radius 2 is 1.83 bits per heavy atom. The Morgan fingerprint density at radius 3 is 2.44 bits per heavy atom. The highest BCUT2D eigenvalue weighted by molar-refractivity contribution is 14.1. The maximum Gasteiger partial charge on any atom is 0.147 e. The lowest BCUT2D eigenvalue weighted by Crippen LogP contribution is -2.41. The maximum absolute atomic E-state index is 10.4. The zero-order valence-corrected chi connectivity index (χ0v) is 25.1. The number of aliphatic hydroxyl groups is 1. The molecule has 1 aromatic carbocycles. The van der Waals surface area contributed by atoms with Crippen LogP contribution in [0.3, 0.4) is 0 Å². The Kier molecular flexibility index (Phi) is 13.7. The molecule has 1 aliphatic carbocycles. The van der Waals surface area contributed by atoms with E-state index in [-0.39, 0.29) is 24.9 Å². The largest absolute Gasteiger partial charge is 0.497 e. The summed E-state index contributed by atoms with van der Waals surface area (Å²) in [5.74, 6) is 1.21. The fourth-order valence-electron chi connectivity index (χ4n) is 4.91. The minimum Gasteiger partial charge on any atom is -0.497 e. The lowest BCUT2D eigenvalue weighted by atomic mass is 9.61. The molecule has 1 aliphatic rings. The minimum absolute atomic E-state index is 0.0331. The van der Waals surface area contributed by atoms with Crippen molar-refractivity contribution in [1.82, 2.24) is 0 Å². The molecular weight excluding hydrogens is 567 g/mol. The summed E-state index contributed by atoms with van der Waals surface area (Å²) in [6.07, 6.45) is 7.30. The smallest absolute Gasteiger partial charge is 0.147 e. The quantitative estimate of drug-likeness (QED) is 0.127. The number of hydrogen-bond acceptors (Lipinski definition) is 5. The first-order valence-corrected chi connectivity index (χ1v) is 14.1. The van der Waals surface area contributed by atoms with Gasteiger partial charge in [0, 0.05) is 7.11 Å². The summed E-state index contributed by atoms with van der Waals surface area (Å²) in [6.45, 7) is 10.2. The Balaban J connectivity index is 2.21. The molecule has 0 aromatic heterocycles. The van der Waals surface area contributed by atoms with E-state index in [0.717, 1.165) is 49.0 Å². The molecule has 0 unspecified atom stereocenters. The molecule has 0 bridgehead atoms. The van der Waals surface area contributed by atoms with E-state index in [0.29, 0.717) is 19.1 Å². The second-order valence-corrected chi connectivity index (χ2v) is 10.8. The summed E-state index contributed by atoms with van der Waals surface area (Å²) in [6, 6.07) is 7.95. The third-order valence-electron chi connectivity index (χ3n) is 7.61. The van der Waals surface area contributed by atoms with Gasteiger partial charge in [0.1, 0.15) is 12.5 Å². The molecule has 2 rings (SSSR count). The fourth-order valence-corrected chi connectivity index (χ4v) is 5.22. The molecule has 0 radical (unpaired) electrons. The van der Waals surface area contributed by atoms with Gasteiger partial charge in [-0.25, -0.2) is 0 Å². The van der Waals surface area contributed by atoms with E-state index in [2.05, 4.69) is 60.4 Å². The van der Waals surface area contributed by atoms with E-state index in [1.165, 1.54) is 16.7 Å². The molecule has 1 N–H and O–H groups in total. The second kappa shape index (κ2) is 15.9. The number of hydrogen-bond donors (Lipinski definition) is 1. The third kappa shape index (κ3) is 8.98. The summed E-state index contributed by atoms with van der Waals surface area (Å²) in [5.41, 5.74) is 5.97. The second-order valence-electron chi connectivity index (χ2n) is 10.2. The molecule has 0 fully saturated rings. The van der Waals surface area contributed by atoms with Crippen molar-refractivity contribution >= 4 is 22.6 Å². The van der Waals surface area contributed by atoms with Crippen LogP contribution in [0.2, 0.25) is 0 Å². The monoisotopic (exact) mass is 612 g/mol. The van der Waals surface area contributed by atoms with Crippen LogP contribution in [0.4, 0.5) is 0 Å². The van der Waals surface area contributed by atoms with Crippen LogP contribution in [0.1, 0.15) is 65.4 Å². The van der Waals surface area contributed by atoms with Crippen LogP contribution in [0.5, 0.6) is 5.75 Å². The van der Waals surface area contributed by atoms with Crippen molar-refractivity contribution < 1.29 is 24.1 Å². The van der Waals surface area contributed by atoms with Crippen molar-refractivity contribution in [2.45, 2.75) is 72.5 Å². The molecule has 3 atom stereocenters. The van der Waals surface area contributed by atoms with Gasteiger partial charge in [-0.1, -0.05) is 65.8 Å². The average molecular weight is 613 g/mol. The van der Waals surface area contributed by atoms with Gasteiger partial charge in [-0.15, -0.1) is 0 Å². The van der Waals surface area contributed by atoms with Crippen molar-refractivity contribution in [1.29, 1.82) is 0 Å². The Labute approximate surface area is 232 Å². The number of benzene rings is 1. The molecule has 1 aromatic rings. The zero-order chi connectivity index (χ0) is 26.6. The van der Waals surface area contributed by atoms with E-state index >= 15 is 0 Å². The van der Waals surface area contributed by atoms with Crippen LogP contribution in [0.15, 0.2) is 56.7 Å². The van der Waals surface area contributed by atoms with Gasteiger partial charge in [0.15, 0.2) is 0 Å². The summed E-state index contributed by atoms with van der Waals surface area (Å²) in [4.78, 5) is 0. The summed E-state index contributed by atoms with van der Waals surface area (Å²) < 4.78 is 24.9. The van der Waals surface area contributed by atoms with Crippen molar-refractivity contribution in [2.75, 3.05) is 34.2 Å². The van der Waals surface area contributed by atoms with Gasteiger partial charge in [-0.2, -0.15) is 0 Å². The van der Waals surface area contributed by atoms with E-state index in [1.54, 1.807) is 14.2 Å². The van der Waals surface area contributed by atoms with Crippen LogP contribution in [-0.2, 0) is 20.8 Å². The van der Waals surface area contributed by atoms with Gasteiger partial charge in [-0.05, 0) is 90.2 Å². The van der Waals surface area contributed by atoms with Crippen molar-refractivity contribution in [3.05, 3.63) is 62.3 Å². The molecule has 6 heteroatoms. The number of allylic oxidation sites excluding steroid dienone is 3. The van der Waals surface area contributed by atoms with Crippen molar-refractivity contribution in [2.24, 2.45) is 11.3 Å². The number of methoxy groups -OCH3 is 2. The van der Waals surface area contributed by atoms with Gasteiger partial charge >= 0.3 is 0 Å². The minimum atomic E-state index is -0.155. The van der Waals surface area contributed by atoms with E-state index in [4.69, 9.17) is 18.9 Å². The lowest BCUT2D eigenvalue weighted by molar-refractivity contribution is -0.0787. The van der Waals surface area contributed by atoms with Gasteiger partial charge in [0.05, 0.1) is 33.0 Å². The molecule has 5 nitrogen and oxygen atoms in total. The van der Waals surface area contributed by atoms with Crippen molar-refractivity contribution in [3.63, 3.8) is 0 Å². The first kappa shape index (κ1) is 31.0. The highest BCUT2D eigenvalue weighted by atomic mass is 127. The molecule has 0 aliphatic heterocycles. The molecule has 0 saturated carbocycles. The summed E-state index contributed by atoms with van der Waals surface area (Å²) >= 11 is 2.31. The Bertz CT molecular complexity index is 889. The molecular formula is C30H45IO5. The predicted molar refractivity (Wildman–Crippen MR) is 155 cm³/mol. The molecule has 0 heterocycles. The van der Waals surface area contributed by atoms with Crippen LogP contribution in [0, 0.1) is 11.3 Å². The first-order chi connectivity index (χ1) is 17.3. The van der Waals surface area contributed by atoms with Crippen LogP contribution in [0.25, 0.3) is 0 Å². The van der Waals surface area contributed by atoms with Crippen LogP contribution >= 0.6 is 22.6 Å². The maximum atomic E-state index is 10.4. The number of rotatable bonds is 15. The topological polar surface area (TPSA) is 57.2 Å². The summed E-state index contributed by atoms with van der Waals surface area (Å²) in [7, 11) is 3.30. The molecule has 36 heavy (non-hydrogen) atoms. The third-order valence-corrected chi connectivity index (χ3v) is 8.67. The number of aliphatic hydroxyl groups excluding tert-OH is 1. The van der Waals surface area contributed by atoms with Gasteiger partial charge in [0.2, 0.25) is 0 Å². The van der Waals surface area contributed by atoms with Gasteiger partial charge in [0.25, 0.3) is 0 Å². The predicted octanol–water partition coefficient (Wildman–Crippen LogP) is 7.38. The Hall–Kier alpha value is -1.19. The number of ether oxygens (including phenoxy) is 4. The van der Waals surface area contributed by atoms with E-state index < -0.39 is 0 Å². The highest BCUT2D eigenvalue weighted by Crippen LogP contribution is 2.49. The SMILES string of the molecule is COCO[C@H]1C[C@@H](C)[C@@](C)(CC/C(C)=C/CC/C(C)=C/I)C(COCc2ccc(OC)cc2)=C1CO.